The summed E-state index contributed by atoms with van der Waals surface area (Å²) in [5, 5.41) is 18.4. The quantitative estimate of drug-likeness (QED) is 0.0567. The van der Waals surface area contributed by atoms with E-state index in [1.807, 2.05) is 6.07 Å². The topological polar surface area (TPSA) is 284 Å². The van der Waals surface area contributed by atoms with Crippen LogP contribution < -0.4 is 27.3 Å². The minimum atomic E-state index is -5.03. The molecular weight excluding hydrogens is 684 g/mol. The van der Waals surface area contributed by atoms with Gasteiger partial charge in [0.2, 0.25) is 0 Å². The number of fused-ring (bicyclic) bond motifs is 1. The molecule has 2 fully saturated rings. The Bertz CT molecular complexity index is 1840. The van der Waals surface area contributed by atoms with Crippen LogP contribution in [0.25, 0.3) is 0 Å². The second kappa shape index (κ2) is 12.8. The molecule has 0 spiro atoms. The summed E-state index contributed by atoms with van der Waals surface area (Å²) in [6, 6.07) is 4.03. The van der Waals surface area contributed by atoms with Crippen LogP contribution >= 0.6 is 11.3 Å². The average Bonchev–Trinajstić information content (AvgIpc) is 3.45. The zero-order chi connectivity index (χ0) is 36.1. The molecule has 49 heavy (non-hydrogen) atoms. The number of carboxylic acid groups (broad SMARTS) is 1. The number of aryl methyl sites for hydroxylation is 1. The lowest BCUT2D eigenvalue weighted by molar-refractivity contribution is -0.218. The van der Waals surface area contributed by atoms with Gasteiger partial charge in [-0.2, -0.15) is 13.5 Å². The van der Waals surface area contributed by atoms with Crippen molar-refractivity contribution in [3.8, 4) is 5.75 Å². The molecule has 20 heteroatoms. The lowest BCUT2D eigenvalue weighted by atomic mass is 9.67. The number of ether oxygens (including phenoxy) is 1. The Kier molecular flexibility index (Phi) is 9.40. The van der Waals surface area contributed by atoms with Crippen LogP contribution in [0.1, 0.15) is 63.8 Å². The summed E-state index contributed by atoms with van der Waals surface area (Å²) in [6.07, 6.45) is 1.25. The second-order valence-electron chi connectivity index (χ2n) is 13.3. The highest BCUT2D eigenvalue weighted by atomic mass is 32.3. The summed E-state index contributed by atoms with van der Waals surface area (Å²) < 4.78 is 41.7. The Morgan fingerprint density at radius 3 is 2.55 bits per heavy atom. The van der Waals surface area contributed by atoms with Crippen molar-refractivity contribution in [1.29, 1.82) is 0 Å². The van der Waals surface area contributed by atoms with Crippen molar-refractivity contribution in [2.45, 2.75) is 82.7 Å². The van der Waals surface area contributed by atoms with Crippen LogP contribution in [0.4, 0.5) is 5.13 Å². The van der Waals surface area contributed by atoms with Crippen molar-refractivity contribution in [2.24, 2.45) is 27.0 Å². The number of anilines is 1. The molecule has 266 valence electrons. The van der Waals surface area contributed by atoms with Crippen LogP contribution in [0.2, 0.25) is 0 Å². The van der Waals surface area contributed by atoms with Crippen molar-refractivity contribution >= 4 is 56.2 Å². The van der Waals surface area contributed by atoms with Gasteiger partial charge in [0.25, 0.3) is 17.4 Å². The van der Waals surface area contributed by atoms with Gasteiger partial charge in [-0.25, -0.2) is 9.78 Å². The van der Waals surface area contributed by atoms with Gasteiger partial charge in [0.05, 0.1) is 11.6 Å². The third-order valence-electron chi connectivity index (χ3n) is 9.04. The molecule has 1 aliphatic carbocycles. The highest BCUT2D eigenvalue weighted by Crippen LogP contribution is 2.42. The monoisotopic (exact) mass is 722 g/mol. The number of carbonyl (C=O) groups excluding carboxylic acids is 2. The van der Waals surface area contributed by atoms with Crippen molar-refractivity contribution in [1.82, 2.24) is 15.4 Å². The maximum absolute atomic E-state index is 13.5. The van der Waals surface area contributed by atoms with Gasteiger partial charge >= 0.3 is 16.4 Å². The van der Waals surface area contributed by atoms with Gasteiger partial charge in [0, 0.05) is 10.9 Å². The van der Waals surface area contributed by atoms with E-state index in [0.29, 0.717) is 35.2 Å². The number of aromatic nitrogens is 1. The average molecular weight is 723 g/mol. The number of nitrogens with two attached hydrogens (primary N) is 3. The summed E-state index contributed by atoms with van der Waals surface area (Å²) in [7, 11) is -5.03. The first-order valence-electron chi connectivity index (χ1n) is 15.1. The van der Waals surface area contributed by atoms with Gasteiger partial charge in [0.15, 0.2) is 16.9 Å². The van der Waals surface area contributed by atoms with E-state index < -0.39 is 57.2 Å². The standard InChI is InChI=1S/C29H38N8O10S2/c1-27(2)21(24(39)37(27)47-49(42,43)44)35-23(38)20(17-12-48-26(32)34-17)36-46-29(4,25(40)41)19-8-6-14-9-15(5-7-18(14)45-19)22(31)33-16-10-28(3,11-16)13-30/h5,7,9,12,16,19,21H,6,8,10-11,13,30H2,1-4H3,(H2,31,33)(H2,32,34)(H,35,38)(H,40,41)(H,42,43,44). The Morgan fingerprint density at radius 2 is 1.98 bits per heavy atom. The zero-order valence-corrected chi connectivity index (χ0v) is 28.7. The lowest BCUT2D eigenvalue weighted by Crippen LogP contribution is -2.76. The number of hydroxylamine groups is 2. The van der Waals surface area contributed by atoms with Crippen LogP contribution in [-0.4, -0.2) is 93.3 Å². The molecule has 1 saturated carbocycles. The summed E-state index contributed by atoms with van der Waals surface area (Å²) in [5.41, 5.74) is 15.3. The molecule has 0 radical (unpaired) electrons. The Balaban J connectivity index is 1.33. The SMILES string of the molecule is CC1(CN)CC(N=C(N)c2ccc3c(c2)CCC(C(C)(ON=C(C(=O)NC2C(=O)N(OS(=O)(=O)O)C2(C)C)c2csc(N)n2)C(=O)O)O3)C1. The minimum Gasteiger partial charge on any atom is -0.485 e. The number of nitrogen functional groups attached to an aromatic ring is 1. The zero-order valence-electron chi connectivity index (χ0n) is 27.1. The highest BCUT2D eigenvalue weighted by Gasteiger charge is 2.58. The third-order valence-corrected chi connectivity index (χ3v) is 10.1. The number of benzene rings is 1. The summed E-state index contributed by atoms with van der Waals surface area (Å²) in [6.45, 7) is 6.69. The van der Waals surface area contributed by atoms with Gasteiger partial charge in [-0.3, -0.25) is 19.1 Å². The van der Waals surface area contributed by atoms with Crippen molar-refractivity contribution in [3.63, 3.8) is 0 Å². The number of thiazole rings is 1. The Labute approximate surface area is 285 Å². The number of nitrogens with zero attached hydrogens (tertiary/aromatic N) is 4. The molecule has 1 aromatic carbocycles. The summed E-state index contributed by atoms with van der Waals surface area (Å²) in [4.78, 5) is 53.0. The van der Waals surface area contributed by atoms with E-state index in [0.717, 1.165) is 29.7 Å². The Morgan fingerprint density at radius 1 is 1.29 bits per heavy atom. The van der Waals surface area contributed by atoms with Gasteiger partial charge in [-0.15, -0.1) is 15.6 Å². The number of nitrogens with one attached hydrogen (secondary N) is 1. The van der Waals surface area contributed by atoms with Crippen molar-refractivity contribution in [2.75, 3.05) is 12.3 Å². The number of rotatable bonds is 12. The fourth-order valence-corrected chi connectivity index (χ4v) is 6.94. The summed E-state index contributed by atoms with van der Waals surface area (Å²) >= 11 is 0.965. The molecule has 3 unspecified atom stereocenters. The van der Waals surface area contributed by atoms with Gasteiger partial charge in [-0.05, 0) is 82.2 Å². The van der Waals surface area contributed by atoms with E-state index in [4.69, 9.17) is 31.3 Å². The van der Waals surface area contributed by atoms with E-state index >= 15 is 0 Å². The number of amidine groups is 1. The maximum atomic E-state index is 13.5. The number of carbonyl (C=O) groups is 3. The maximum Gasteiger partial charge on any atom is 0.418 e. The van der Waals surface area contributed by atoms with E-state index in [9.17, 15) is 27.9 Å². The molecule has 1 saturated heterocycles. The molecule has 3 atom stereocenters. The van der Waals surface area contributed by atoms with E-state index in [1.54, 1.807) is 12.1 Å². The predicted molar refractivity (Wildman–Crippen MR) is 176 cm³/mol. The van der Waals surface area contributed by atoms with Gasteiger partial charge < -0.3 is 37.2 Å². The van der Waals surface area contributed by atoms with Crippen LogP contribution in [0.15, 0.2) is 33.7 Å². The number of amides is 2. The molecular formula is C29H38N8O10S2. The fraction of sp³-hybridized carbons (Fsp3) is 0.517. The second-order valence-corrected chi connectivity index (χ2v) is 15.2. The first-order valence-corrected chi connectivity index (χ1v) is 17.4. The first kappa shape index (κ1) is 35.9. The first-order chi connectivity index (χ1) is 22.8. The molecule has 3 heterocycles. The molecule has 2 aliphatic heterocycles. The fourth-order valence-electron chi connectivity index (χ4n) is 5.94. The molecule has 2 aromatic rings. The van der Waals surface area contributed by atoms with Crippen molar-refractivity contribution < 1.29 is 46.3 Å². The molecule has 5 rings (SSSR count). The number of hydrogen-bond donors (Lipinski definition) is 6. The van der Waals surface area contributed by atoms with Crippen LogP contribution in [0.3, 0.4) is 0 Å². The number of hydrogen-bond acceptors (Lipinski definition) is 14. The summed E-state index contributed by atoms with van der Waals surface area (Å²) in [5.74, 6) is -2.64. The molecule has 9 N–H and O–H groups in total. The number of aliphatic carboxylic acids is 1. The largest absolute Gasteiger partial charge is 0.485 e. The van der Waals surface area contributed by atoms with E-state index in [2.05, 4.69) is 31.7 Å². The molecule has 3 aliphatic rings. The van der Waals surface area contributed by atoms with Gasteiger partial charge in [-0.1, -0.05) is 12.1 Å². The molecule has 18 nitrogen and oxygen atoms in total. The van der Waals surface area contributed by atoms with Crippen LogP contribution in [0, 0.1) is 5.41 Å². The van der Waals surface area contributed by atoms with E-state index in [-0.39, 0.29) is 28.7 Å². The number of carboxylic acids is 1. The predicted octanol–water partition coefficient (Wildman–Crippen LogP) is 0.356. The molecule has 2 amide bonds. The normalized spacial score (nSPS) is 26.4. The van der Waals surface area contributed by atoms with Gasteiger partial charge in [0.1, 0.15) is 23.3 Å². The molecule has 1 aromatic heterocycles. The van der Waals surface area contributed by atoms with E-state index in [1.165, 1.54) is 26.2 Å². The highest BCUT2D eigenvalue weighted by molar-refractivity contribution is 7.80. The third kappa shape index (κ3) is 7.18. The number of β-lactam (4-membered cyclic amide) rings is 1. The van der Waals surface area contributed by atoms with Crippen molar-refractivity contribution in [3.05, 3.63) is 40.4 Å². The molecule has 0 bridgehead atoms. The van der Waals surface area contributed by atoms with Crippen LogP contribution in [-0.2, 0) is 40.3 Å². The number of aliphatic imine (C=N–C) groups is 1. The Hall–Kier alpha value is -4.37. The van der Waals surface area contributed by atoms with Crippen LogP contribution in [0.5, 0.6) is 5.75 Å². The number of oxime groups is 1. The minimum absolute atomic E-state index is 0.0586. The lowest BCUT2D eigenvalue weighted by Gasteiger charge is -2.50. The smallest absolute Gasteiger partial charge is 0.418 e.